The van der Waals surface area contributed by atoms with Crippen molar-refractivity contribution in [2.24, 2.45) is 4.99 Å². The van der Waals surface area contributed by atoms with Gasteiger partial charge in [-0.15, -0.1) is 0 Å². The fourth-order valence-electron chi connectivity index (χ4n) is 2.33. The molecule has 0 fully saturated rings. The Balaban J connectivity index is 1.95. The van der Waals surface area contributed by atoms with E-state index >= 15 is 0 Å². The number of aromatic amines is 1. The van der Waals surface area contributed by atoms with Crippen molar-refractivity contribution in [3.63, 3.8) is 0 Å². The molecule has 0 bridgehead atoms. The number of nitrogens with one attached hydrogen (secondary N) is 1. The van der Waals surface area contributed by atoms with Crippen LogP contribution < -0.4 is 0 Å². The molecule has 0 spiro atoms. The molecular weight excluding hydrogens is 328 g/mol. The highest BCUT2D eigenvalue weighted by Gasteiger charge is 2.11. The van der Waals surface area contributed by atoms with Gasteiger partial charge in [-0.05, 0) is 30.2 Å². The van der Waals surface area contributed by atoms with Crippen molar-refractivity contribution in [3.8, 4) is 11.1 Å². The number of aryl methyl sites for hydroxylation is 1. The van der Waals surface area contributed by atoms with Gasteiger partial charge in [-0.1, -0.05) is 35.9 Å². The lowest BCUT2D eigenvalue weighted by molar-refractivity contribution is -0.384. The van der Waals surface area contributed by atoms with Crippen LogP contribution in [0.3, 0.4) is 0 Å². The van der Waals surface area contributed by atoms with Gasteiger partial charge in [0, 0.05) is 34.6 Å². The van der Waals surface area contributed by atoms with Crippen molar-refractivity contribution in [1.82, 2.24) is 10.2 Å². The molecule has 7 heteroatoms. The number of aliphatic imine (C=N–C) groups is 1. The van der Waals surface area contributed by atoms with Crippen LogP contribution in [0.15, 0.2) is 53.5 Å². The van der Waals surface area contributed by atoms with Gasteiger partial charge in [0.15, 0.2) is 5.82 Å². The van der Waals surface area contributed by atoms with Gasteiger partial charge in [0.05, 0.1) is 4.92 Å². The number of benzene rings is 2. The SMILES string of the molecule is Cc1[nH]nc(N=Cc2cccc([N+](=O)[O-])c2)c1-c1ccc(Cl)cc1. The Morgan fingerprint density at radius 2 is 2.00 bits per heavy atom. The van der Waals surface area contributed by atoms with E-state index < -0.39 is 4.92 Å². The molecule has 0 radical (unpaired) electrons. The molecule has 1 N–H and O–H groups in total. The van der Waals surface area contributed by atoms with Crippen LogP contribution in [0.2, 0.25) is 5.02 Å². The molecule has 1 heterocycles. The van der Waals surface area contributed by atoms with Crippen LogP contribution in [0.1, 0.15) is 11.3 Å². The number of nitro groups is 1. The predicted molar refractivity (Wildman–Crippen MR) is 94.1 cm³/mol. The van der Waals surface area contributed by atoms with E-state index in [4.69, 9.17) is 11.6 Å². The monoisotopic (exact) mass is 340 g/mol. The van der Waals surface area contributed by atoms with E-state index in [1.807, 2.05) is 19.1 Å². The minimum Gasteiger partial charge on any atom is -0.280 e. The third-order valence-corrected chi connectivity index (χ3v) is 3.73. The van der Waals surface area contributed by atoms with E-state index in [-0.39, 0.29) is 5.69 Å². The Hall–Kier alpha value is -2.99. The zero-order valence-corrected chi connectivity index (χ0v) is 13.5. The van der Waals surface area contributed by atoms with Crippen molar-refractivity contribution < 1.29 is 4.92 Å². The average molecular weight is 341 g/mol. The van der Waals surface area contributed by atoms with Crippen LogP contribution in [-0.2, 0) is 0 Å². The number of hydrogen-bond acceptors (Lipinski definition) is 4. The number of aromatic nitrogens is 2. The third-order valence-electron chi connectivity index (χ3n) is 3.48. The highest BCUT2D eigenvalue weighted by Crippen LogP contribution is 2.32. The fourth-order valence-corrected chi connectivity index (χ4v) is 2.45. The first-order valence-corrected chi connectivity index (χ1v) is 7.52. The summed E-state index contributed by atoms with van der Waals surface area (Å²) in [5.41, 5.74) is 3.34. The molecule has 0 atom stereocenters. The third kappa shape index (κ3) is 3.33. The summed E-state index contributed by atoms with van der Waals surface area (Å²) in [5, 5.41) is 18.6. The Morgan fingerprint density at radius 3 is 2.71 bits per heavy atom. The predicted octanol–water partition coefficient (Wildman–Crippen LogP) is 4.70. The molecule has 120 valence electrons. The molecule has 0 aliphatic carbocycles. The summed E-state index contributed by atoms with van der Waals surface area (Å²) in [5.74, 6) is 0.515. The maximum absolute atomic E-state index is 10.8. The second kappa shape index (κ2) is 6.64. The van der Waals surface area contributed by atoms with E-state index in [1.54, 1.807) is 30.5 Å². The van der Waals surface area contributed by atoms with Crippen LogP contribution in [-0.4, -0.2) is 21.3 Å². The first-order chi connectivity index (χ1) is 11.5. The molecule has 0 aliphatic heterocycles. The number of halogens is 1. The number of H-pyrrole nitrogens is 1. The Kier molecular flexibility index (Phi) is 4.39. The van der Waals surface area contributed by atoms with Crippen LogP contribution >= 0.6 is 11.6 Å². The summed E-state index contributed by atoms with van der Waals surface area (Å²) < 4.78 is 0. The van der Waals surface area contributed by atoms with Crippen molar-refractivity contribution in [3.05, 3.63) is 74.9 Å². The van der Waals surface area contributed by atoms with E-state index in [9.17, 15) is 10.1 Å². The molecule has 24 heavy (non-hydrogen) atoms. The Morgan fingerprint density at radius 1 is 1.25 bits per heavy atom. The molecule has 0 aliphatic rings. The maximum Gasteiger partial charge on any atom is 0.270 e. The topological polar surface area (TPSA) is 84.2 Å². The van der Waals surface area contributed by atoms with Gasteiger partial charge in [0.25, 0.3) is 5.69 Å². The van der Waals surface area contributed by atoms with Gasteiger partial charge >= 0.3 is 0 Å². The summed E-state index contributed by atoms with van der Waals surface area (Å²) >= 11 is 5.93. The summed E-state index contributed by atoms with van der Waals surface area (Å²) in [6, 6.07) is 13.7. The second-order valence-electron chi connectivity index (χ2n) is 5.16. The summed E-state index contributed by atoms with van der Waals surface area (Å²) in [6.07, 6.45) is 1.56. The first-order valence-electron chi connectivity index (χ1n) is 7.14. The lowest BCUT2D eigenvalue weighted by Crippen LogP contribution is -1.89. The van der Waals surface area contributed by atoms with E-state index in [2.05, 4.69) is 15.2 Å². The average Bonchev–Trinajstić information content (AvgIpc) is 2.95. The highest BCUT2D eigenvalue weighted by atomic mass is 35.5. The van der Waals surface area contributed by atoms with Crippen LogP contribution in [0.5, 0.6) is 0 Å². The van der Waals surface area contributed by atoms with Gasteiger partial charge in [-0.3, -0.25) is 15.2 Å². The van der Waals surface area contributed by atoms with Crippen molar-refractivity contribution >= 4 is 29.3 Å². The molecule has 0 amide bonds. The molecule has 2 aromatic carbocycles. The molecule has 3 rings (SSSR count). The smallest absolute Gasteiger partial charge is 0.270 e. The lowest BCUT2D eigenvalue weighted by Gasteiger charge is -2.01. The number of nitro benzene ring substituents is 1. The Bertz CT molecular complexity index is 917. The van der Waals surface area contributed by atoms with Crippen molar-refractivity contribution in [2.45, 2.75) is 6.92 Å². The van der Waals surface area contributed by atoms with Crippen LogP contribution in [0.4, 0.5) is 11.5 Å². The van der Waals surface area contributed by atoms with Gasteiger partial charge in [0.2, 0.25) is 0 Å². The highest BCUT2D eigenvalue weighted by molar-refractivity contribution is 6.30. The molecule has 1 aromatic heterocycles. The molecular formula is C17H13ClN4O2. The van der Waals surface area contributed by atoms with Crippen molar-refractivity contribution in [1.29, 1.82) is 0 Å². The van der Waals surface area contributed by atoms with E-state index in [1.165, 1.54) is 12.1 Å². The molecule has 0 saturated heterocycles. The lowest BCUT2D eigenvalue weighted by atomic mass is 10.1. The van der Waals surface area contributed by atoms with E-state index in [0.717, 1.165) is 16.8 Å². The minimum atomic E-state index is -0.435. The molecule has 3 aromatic rings. The summed E-state index contributed by atoms with van der Waals surface area (Å²) in [4.78, 5) is 14.8. The fraction of sp³-hybridized carbons (Fsp3) is 0.0588. The van der Waals surface area contributed by atoms with Gasteiger partial charge < -0.3 is 0 Å². The standard InChI is InChI=1S/C17H13ClN4O2/c1-11-16(13-5-7-14(18)8-6-13)17(21-20-11)19-10-12-3-2-4-15(9-12)22(23)24/h2-10H,1H3,(H,20,21). The van der Waals surface area contributed by atoms with Crippen LogP contribution in [0.25, 0.3) is 11.1 Å². The number of nitrogens with zero attached hydrogens (tertiary/aromatic N) is 3. The molecule has 0 unspecified atom stereocenters. The normalized spacial score (nSPS) is 11.1. The number of hydrogen-bond donors (Lipinski definition) is 1. The largest absolute Gasteiger partial charge is 0.280 e. The molecule has 0 saturated carbocycles. The molecule has 6 nitrogen and oxygen atoms in total. The van der Waals surface area contributed by atoms with Gasteiger partial charge in [0.1, 0.15) is 0 Å². The van der Waals surface area contributed by atoms with Crippen molar-refractivity contribution in [2.75, 3.05) is 0 Å². The quantitative estimate of drug-likeness (QED) is 0.424. The number of rotatable bonds is 4. The zero-order chi connectivity index (χ0) is 17.1. The summed E-state index contributed by atoms with van der Waals surface area (Å²) in [6.45, 7) is 1.91. The number of non-ortho nitro benzene ring substituents is 1. The van der Waals surface area contributed by atoms with Gasteiger partial charge in [-0.25, -0.2) is 4.99 Å². The van der Waals surface area contributed by atoms with Crippen LogP contribution in [0, 0.1) is 17.0 Å². The second-order valence-corrected chi connectivity index (χ2v) is 5.60. The summed E-state index contributed by atoms with van der Waals surface area (Å²) in [7, 11) is 0. The maximum atomic E-state index is 10.8. The Labute approximate surface area is 143 Å². The first kappa shape index (κ1) is 15.9. The zero-order valence-electron chi connectivity index (χ0n) is 12.7. The minimum absolute atomic E-state index is 0.0232. The van der Waals surface area contributed by atoms with E-state index in [0.29, 0.717) is 16.4 Å². The van der Waals surface area contributed by atoms with Gasteiger partial charge in [-0.2, -0.15) is 5.10 Å².